The minimum Gasteiger partial charge on any atom is -0.348 e. The highest BCUT2D eigenvalue weighted by atomic mass is 32.2. The molecule has 0 aliphatic carbocycles. The Morgan fingerprint density at radius 3 is 2.72 bits per heavy atom. The van der Waals surface area contributed by atoms with Crippen LogP contribution >= 0.6 is 0 Å². The first kappa shape index (κ1) is 19.6. The largest absolute Gasteiger partial charge is 0.348 e. The highest BCUT2D eigenvalue weighted by Gasteiger charge is 2.46. The zero-order chi connectivity index (χ0) is 20.8. The van der Waals surface area contributed by atoms with Crippen LogP contribution in [0.1, 0.15) is 16.8 Å². The molecule has 2 aromatic rings. The molecule has 2 fully saturated rings. The van der Waals surface area contributed by atoms with Crippen LogP contribution in [0.15, 0.2) is 35.6 Å². The molecule has 0 radical (unpaired) electrons. The fraction of sp³-hybridized carbons (Fsp3) is 0.421. The molecule has 0 unspecified atom stereocenters. The number of benzene rings is 1. The number of nitrogens with zero attached hydrogens (tertiary/aromatic N) is 3. The van der Waals surface area contributed by atoms with Gasteiger partial charge in [-0.2, -0.15) is 4.31 Å². The Morgan fingerprint density at radius 1 is 1.21 bits per heavy atom. The molecule has 2 saturated heterocycles. The molecule has 2 atom stereocenters. The third-order valence-corrected chi connectivity index (χ3v) is 7.49. The molecule has 3 heterocycles. The third-order valence-electron chi connectivity index (χ3n) is 5.48. The van der Waals surface area contributed by atoms with Crippen molar-refractivity contribution in [1.82, 2.24) is 24.5 Å². The lowest BCUT2D eigenvalue weighted by Gasteiger charge is -2.44. The van der Waals surface area contributed by atoms with Crippen molar-refractivity contribution in [1.29, 1.82) is 0 Å². The summed E-state index contributed by atoms with van der Waals surface area (Å²) in [5.41, 5.74) is 2.25. The predicted molar refractivity (Wildman–Crippen MR) is 104 cm³/mol. The molecule has 10 heteroatoms. The Morgan fingerprint density at radius 2 is 2.00 bits per heavy atom. The molecule has 1 aromatic heterocycles. The molecule has 2 aliphatic rings. The second-order valence-electron chi connectivity index (χ2n) is 7.52. The van der Waals surface area contributed by atoms with E-state index in [1.807, 2.05) is 13.0 Å². The maximum absolute atomic E-state index is 13.2. The van der Waals surface area contributed by atoms with Crippen LogP contribution in [0.2, 0.25) is 0 Å². The summed E-state index contributed by atoms with van der Waals surface area (Å²) in [4.78, 5) is 34.1. The van der Waals surface area contributed by atoms with Gasteiger partial charge in [0.1, 0.15) is 12.1 Å². The Balaban J connectivity index is 1.54. The van der Waals surface area contributed by atoms with Gasteiger partial charge < -0.3 is 15.2 Å². The van der Waals surface area contributed by atoms with Crippen LogP contribution in [0.5, 0.6) is 0 Å². The maximum Gasteiger partial charge on any atom is 0.246 e. The number of hydrogen-bond donors (Lipinski definition) is 2. The van der Waals surface area contributed by atoms with Gasteiger partial charge in [0, 0.05) is 37.9 Å². The number of carbonyl (C=O) groups is 2. The van der Waals surface area contributed by atoms with E-state index in [1.54, 1.807) is 25.3 Å². The molecule has 4 rings (SSSR count). The molecule has 29 heavy (non-hydrogen) atoms. The number of hydrogen-bond acceptors (Lipinski definition) is 5. The Hall–Kier alpha value is -2.72. The van der Waals surface area contributed by atoms with Crippen LogP contribution < -0.4 is 5.32 Å². The Bertz CT molecular complexity index is 1050. The number of amides is 2. The van der Waals surface area contributed by atoms with Gasteiger partial charge >= 0.3 is 0 Å². The second kappa shape index (κ2) is 7.27. The van der Waals surface area contributed by atoms with Gasteiger partial charge in [0.15, 0.2) is 0 Å². The lowest BCUT2D eigenvalue weighted by molar-refractivity contribution is -0.151. The molecular weight excluding hydrogens is 394 g/mol. The van der Waals surface area contributed by atoms with Crippen molar-refractivity contribution in [2.45, 2.75) is 37.2 Å². The number of aryl methyl sites for hydroxylation is 2. The number of sulfonamides is 1. The van der Waals surface area contributed by atoms with Gasteiger partial charge in [-0.3, -0.25) is 9.59 Å². The van der Waals surface area contributed by atoms with Gasteiger partial charge in [-0.15, -0.1) is 0 Å². The summed E-state index contributed by atoms with van der Waals surface area (Å²) in [5.74, 6) is -0.539. The van der Waals surface area contributed by atoms with E-state index in [1.165, 1.54) is 15.5 Å². The lowest BCUT2D eigenvalue weighted by Crippen LogP contribution is -2.69. The average molecular weight is 417 g/mol. The zero-order valence-electron chi connectivity index (χ0n) is 16.3. The summed E-state index contributed by atoms with van der Waals surface area (Å²) >= 11 is 0. The molecule has 0 spiro atoms. The van der Waals surface area contributed by atoms with Crippen LogP contribution in [0.3, 0.4) is 0 Å². The first-order valence-electron chi connectivity index (χ1n) is 9.43. The van der Waals surface area contributed by atoms with E-state index < -0.39 is 22.1 Å². The SMILES string of the molecule is Cc1ccc(C)c(S(=O)(=O)N2CCN3C(=O)[C@H](Cc4cnc[nH]4)NC(=O)[C@H]3C2)c1. The zero-order valence-corrected chi connectivity index (χ0v) is 17.1. The van der Waals surface area contributed by atoms with Crippen LogP contribution in [0.4, 0.5) is 0 Å². The van der Waals surface area contributed by atoms with Crippen molar-refractivity contribution in [2.75, 3.05) is 19.6 Å². The lowest BCUT2D eigenvalue weighted by atomic mass is 10.0. The molecule has 154 valence electrons. The third kappa shape index (κ3) is 3.53. The normalized spacial score (nSPS) is 23.0. The number of nitrogens with one attached hydrogen (secondary N) is 2. The van der Waals surface area contributed by atoms with Gasteiger partial charge in [0.2, 0.25) is 21.8 Å². The molecule has 0 saturated carbocycles. The first-order valence-corrected chi connectivity index (χ1v) is 10.9. The van der Waals surface area contributed by atoms with Crippen LogP contribution in [-0.4, -0.2) is 71.1 Å². The van der Waals surface area contributed by atoms with Crippen molar-refractivity contribution >= 4 is 21.8 Å². The van der Waals surface area contributed by atoms with Crippen molar-refractivity contribution in [3.05, 3.63) is 47.5 Å². The Labute approximate surface area is 169 Å². The number of fused-ring (bicyclic) bond motifs is 1. The number of piperazine rings is 2. The smallest absolute Gasteiger partial charge is 0.246 e. The van der Waals surface area contributed by atoms with Crippen LogP contribution in [0.25, 0.3) is 0 Å². The maximum atomic E-state index is 13.2. The van der Waals surface area contributed by atoms with Crippen LogP contribution in [0, 0.1) is 13.8 Å². The number of H-pyrrole nitrogens is 1. The molecule has 1 aromatic carbocycles. The number of rotatable bonds is 4. The number of carbonyl (C=O) groups excluding carboxylic acids is 2. The van der Waals surface area contributed by atoms with Crippen molar-refractivity contribution < 1.29 is 18.0 Å². The second-order valence-corrected chi connectivity index (χ2v) is 9.43. The summed E-state index contributed by atoms with van der Waals surface area (Å²) in [6, 6.07) is 3.77. The molecule has 2 amide bonds. The topological polar surface area (TPSA) is 115 Å². The van der Waals surface area contributed by atoms with Gasteiger partial charge in [-0.1, -0.05) is 12.1 Å². The highest BCUT2D eigenvalue weighted by molar-refractivity contribution is 7.89. The minimum atomic E-state index is -3.76. The van der Waals surface area contributed by atoms with Gasteiger partial charge in [0.05, 0.1) is 11.2 Å². The van der Waals surface area contributed by atoms with E-state index in [2.05, 4.69) is 15.3 Å². The van der Waals surface area contributed by atoms with E-state index in [0.717, 1.165) is 11.3 Å². The molecule has 0 bridgehead atoms. The standard InChI is InChI=1S/C19H23N5O4S/c1-12-3-4-13(2)17(7-12)29(27,28)23-5-6-24-16(10-23)18(25)22-15(19(24)26)8-14-9-20-11-21-14/h3-4,7,9,11,15-16H,5-6,8,10H2,1-2H3,(H,20,21)(H,22,25)/t15-,16+/m0/s1. The van der Waals surface area contributed by atoms with Crippen molar-refractivity contribution in [3.8, 4) is 0 Å². The summed E-state index contributed by atoms with van der Waals surface area (Å²) in [7, 11) is -3.76. The average Bonchev–Trinajstić information content (AvgIpc) is 3.20. The minimum absolute atomic E-state index is 0.0515. The van der Waals surface area contributed by atoms with Crippen molar-refractivity contribution in [2.24, 2.45) is 0 Å². The fourth-order valence-electron chi connectivity index (χ4n) is 3.87. The monoisotopic (exact) mass is 417 g/mol. The highest BCUT2D eigenvalue weighted by Crippen LogP contribution is 2.25. The van der Waals surface area contributed by atoms with E-state index in [4.69, 9.17) is 0 Å². The Kier molecular flexibility index (Phi) is 4.91. The molecular formula is C19H23N5O4S. The molecule has 9 nitrogen and oxygen atoms in total. The van der Waals surface area contributed by atoms with Crippen molar-refractivity contribution in [3.63, 3.8) is 0 Å². The number of imidazole rings is 1. The quantitative estimate of drug-likeness (QED) is 0.725. The first-order chi connectivity index (χ1) is 13.8. The predicted octanol–water partition coefficient (Wildman–Crippen LogP) is -0.0309. The van der Waals surface area contributed by atoms with Crippen LogP contribution in [-0.2, 0) is 26.0 Å². The summed E-state index contributed by atoms with van der Waals surface area (Å²) in [6.45, 7) is 3.87. The molecule has 2 N–H and O–H groups in total. The number of aromatic amines is 1. The summed E-state index contributed by atoms with van der Waals surface area (Å²) in [5, 5.41) is 2.74. The van der Waals surface area contributed by atoms with Gasteiger partial charge in [-0.05, 0) is 31.0 Å². The summed E-state index contributed by atoms with van der Waals surface area (Å²) in [6.07, 6.45) is 3.45. The van der Waals surface area contributed by atoms with E-state index >= 15 is 0 Å². The fourth-order valence-corrected chi connectivity index (χ4v) is 5.62. The van der Waals surface area contributed by atoms with Gasteiger partial charge in [0.25, 0.3) is 0 Å². The van der Waals surface area contributed by atoms with E-state index in [0.29, 0.717) is 12.0 Å². The molecule has 2 aliphatic heterocycles. The van der Waals surface area contributed by atoms with E-state index in [9.17, 15) is 18.0 Å². The number of aromatic nitrogens is 2. The van der Waals surface area contributed by atoms with E-state index in [-0.39, 0.29) is 36.3 Å². The van der Waals surface area contributed by atoms with Gasteiger partial charge in [-0.25, -0.2) is 13.4 Å². The summed E-state index contributed by atoms with van der Waals surface area (Å²) < 4.78 is 27.7.